The second-order valence-corrected chi connectivity index (χ2v) is 4.78. The number of aryl methyl sites for hydroxylation is 1. The van der Waals surface area contributed by atoms with Crippen molar-refractivity contribution >= 4 is 11.3 Å². The van der Waals surface area contributed by atoms with E-state index in [1.54, 1.807) is 11.3 Å². The lowest BCUT2D eigenvalue weighted by molar-refractivity contribution is 0.492. The van der Waals surface area contributed by atoms with Gasteiger partial charge < -0.3 is 9.73 Å². The summed E-state index contributed by atoms with van der Waals surface area (Å²) in [6, 6.07) is 3.98. The molecule has 0 amide bonds. The number of thiophene rings is 1. The highest BCUT2D eigenvalue weighted by atomic mass is 32.1. The Balaban J connectivity index is 1.79. The van der Waals surface area contributed by atoms with E-state index in [1.807, 2.05) is 17.5 Å². The molecule has 1 N–H and O–H groups in total. The summed E-state index contributed by atoms with van der Waals surface area (Å²) in [4.78, 5) is 1.04. The summed E-state index contributed by atoms with van der Waals surface area (Å²) in [6.45, 7) is 4.24. The smallest absolute Gasteiger partial charge is 0.257 e. The summed E-state index contributed by atoms with van der Waals surface area (Å²) in [6.07, 6.45) is 3.05. The van der Waals surface area contributed by atoms with Crippen molar-refractivity contribution in [1.29, 1.82) is 0 Å². The third-order valence-electron chi connectivity index (χ3n) is 2.37. The molecule has 0 radical (unpaired) electrons. The minimum Gasteiger partial charge on any atom is -0.420 e. The Bertz CT molecular complexity index is 425. The van der Waals surface area contributed by atoms with Gasteiger partial charge in [0.1, 0.15) is 0 Å². The molecule has 2 aromatic heterocycles. The van der Waals surface area contributed by atoms with Crippen molar-refractivity contribution in [2.24, 2.45) is 0 Å². The second-order valence-electron chi connectivity index (χ2n) is 3.83. The summed E-state index contributed by atoms with van der Waals surface area (Å²) < 4.78 is 5.59. The van der Waals surface area contributed by atoms with Crippen molar-refractivity contribution in [3.05, 3.63) is 23.4 Å². The molecule has 0 aliphatic rings. The number of aromatic nitrogens is 2. The normalized spacial score (nSPS) is 10.9. The molecule has 0 saturated heterocycles. The van der Waals surface area contributed by atoms with Gasteiger partial charge in [0.2, 0.25) is 5.89 Å². The number of rotatable bonds is 7. The van der Waals surface area contributed by atoms with Crippen LogP contribution in [0.5, 0.6) is 0 Å². The number of hydrogen-bond acceptors (Lipinski definition) is 5. The molecule has 5 heteroatoms. The third-order valence-corrected chi connectivity index (χ3v) is 3.23. The van der Waals surface area contributed by atoms with E-state index in [1.165, 1.54) is 6.42 Å². The largest absolute Gasteiger partial charge is 0.420 e. The lowest BCUT2D eigenvalue weighted by atomic mass is 10.3. The Morgan fingerprint density at radius 2 is 2.29 bits per heavy atom. The predicted molar refractivity (Wildman–Crippen MR) is 69.1 cm³/mol. The van der Waals surface area contributed by atoms with E-state index in [-0.39, 0.29) is 0 Å². The zero-order valence-corrected chi connectivity index (χ0v) is 10.8. The summed E-state index contributed by atoms with van der Waals surface area (Å²) in [5.74, 6) is 1.36. The SMILES string of the molecule is CCCNCCCc1nnc(-c2cccs2)o1. The maximum atomic E-state index is 5.59. The standard InChI is InChI=1S/C12H17N3OS/c1-2-7-13-8-3-6-11-14-15-12(16-11)10-5-4-9-17-10/h4-5,9,13H,2-3,6-8H2,1H3. The van der Waals surface area contributed by atoms with Gasteiger partial charge >= 0.3 is 0 Å². The van der Waals surface area contributed by atoms with Gasteiger partial charge in [-0.25, -0.2) is 0 Å². The van der Waals surface area contributed by atoms with Crippen LogP contribution >= 0.6 is 11.3 Å². The van der Waals surface area contributed by atoms with Crippen molar-refractivity contribution in [2.75, 3.05) is 13.1 Å². The van der Waals surface area contributed by atoms with Gasteiger partial charge in [0, 0.05) is 6.42 Å². The fraction of sp³-hybridized carbons (Fsp3) is 0.500. The molecule has 0 aliphatic carbocycles. The quantitative estimate of drug-likeness (QED) is 0.769. The number of nitrogens with zero attached hydrogens (tertiary/aromatic N) is 2. The average molecular weight is 251 g/mol. The first kappa shape index (κ1) is 12.3. The summed E-state index contributed by atoms with van der Waals surface area (Å²) in [7, 11) is 0. The predicted octanol–water partition coefficient (Wildman–Crippen LogP) is 2.73. The van der Waals surface area contributed by atoms with Gasteiger partial charge in [-0.2, -0.15) is 0 Å². The van der Waals surface area contributed by atoms with Crippen LogP contribution in [-0.2, 0) is 6.42 Å². The van der Waals surface area contributed by atoms with Gasteiger partial charge in [-0.1, -0.05) is 13.0 Å². The van der Waals surface area contributed by atoms with Gasteiger partial charge in [-0.15, -0.1) is 21.5 Å². The molecule has 92 valence electrons. The van der Waals surface area contributed by atoms with Crippen LogP contribution in [0.2, 0.25) is 0 Å². The van der Waals surface area contributed by atoms with Crippen molar-refractivity contribution < 1.29 is 4.42 Å². The van der Waals surface area contributed by atoms with Crippen molar-refractivity contribution in [1.82, 2.24) is 15.5 Å². The molecule has 2 rings (SSSR count). The van der Waals surface area contributed by atoms with Crippen molar-refractivity contribution in [2.45, 2.75) is 26.2 Å². The lowest BCUT2D eigenvalue weighted by Gasteiger charge is -1.99. The van der Waals surface area contributed by atoms with Gasteiger partial charge in [-0.3, -0.25) is 0 Å². The topological polar surface area (TPSA) is 51.0 Å². The van der Waals surface area contributed by atoms with Crippen LogP contribution in [0, 0.1) is 0 Å². The molecule has 4 nitrogen and oxygen atoms in total. The lowest BCUT2D eigenvalue weighted by Crippen LogP contribution is -2.16. The van der Waals surface area contributed by atoms with Crippen molar-refractivity contribution in [3.63, 3.8) is 0 Å². The van der Waals surface area contributed by atoms with Crippen LogP contribution in [0.1, 0.15) is 25.7 Å². The molecule has 0 fully saturated rings. The second kappa shape index (κ2) is 6.51. The van der Waals surface area contributed by atoms with Gasteiger partial charge in [0.25, 0.3) is 5.89 Å². The first-order valence-electron chi connectivity index (χ1n) is 5.97. The number of hydrogen-bond donors (Lipinski definition) is 1. The number of nitrogens with one attached hydrogen (secondary N) is 1. The van der Waals surface area contributed by atoms with E-state index < -0.39 is 0 Å². The van der Waals surface area contributed by atoms with Crippen LogP contribution in [0.3, 0.4) is 0 Å². The van der Waals surface area contributed by atoms with Crippen LogP contribution in [0.4, 0.5) is 0 Å². The molecule has 0 aromatic carbocycles. The highest BCUT2D eigenvalue weighted by Gasteiger charge is 2.08. The molecule has 0 saturated carbocycles. The highest BCUT2D eigenvalue weighted by molar-refractivity contribution is 7.13. The van der Waals surface area contributed by atoms with E-state index in [4.69, 9.17) is 4.42 Å². The molecular weight excluding hydrogens is 234 g/mol. The zero-order valence-electron chi connectivity index (χ0n) is 9.98. The monoisotopic (exact) mass is 251 g/mol. The summed E-state index contributed by atoms with van der Waals surface area (Å²) >= 11 is 1.62. The molecule has 0 bridgehead atoms. The molecule has 2 heterocycles. The molecule has 0 aliphatic heterocycles. The van der Waals surface area contributed by atoms with Gasteiger partial charge in [0.15, 0.2) is 0 Å². The Kier molecular flexibility index (Phi) is 4.70. The van der Waals surface area contributed by atoms with Crippen LogP contribution in [0.25, 0.3) is 10.8 Å². The van der Waals surface area contributed by atoms with Gasteiger partial charge in [0.05, 0.1) is 4.88 Å². The van der Waals surface area contributed by atoms with E-state index in [0.29, 0.717) is 5.89 Å². The summed E-state index contributed by atoms with van der Waals surface area (Å²) in [5, 5.41) is 13.5. The highest BCUT2D eigenvalue weighted by Crippen LogP contribution is 2.23. The molecule has 0 atom stereocenters. The van der Waals surface area contributed by atoms with E-state index in [9.17, 15) is 0 Å². The minimum atomic E-state index is 0.636. The van der Waals surface area contributed by atoms with Crippen LogP contribution < -0.4 is 5.32 Å². The molecular formula is C12H17N3OS. The fourth-order valence-electron chi connectivity index (χ4n) is 1.52. The Morgan fingerprint density at radius 1 is 1.35 bits per heavy atom. The van der Waals surface area contributed by atoms with E-state index in [2.05, 4.69) is 22.4 Å². The molecule has 17 heavy (non-hydrogen) atoms. The molecule has 0 spiro atoms. The third kappa shape index (κ3) is 3.64. The fourth-order valence-corrected chi connectivity index (χ4v) is 2.17. The Morgan fingerprint density at radius 3 is 3.06 bits per heavy atom. The Hall–Kier alpha value is -1.20. The maximum Gasteiger partial charge on any atom is 0.257 e. The van der Waals surface area contributed by atoms with Gasteiger partial charge in [-0.05, 0) is 37.4 Å². The van der Waals surface area contributed by atoms with E-state index in [0.717, 1.165) is 36.7 Å². The summed E-state index contributed by atoms with van der Waals surface area (Å²) in [5.41, 5.74) is 0. The van der Waals surface area contributed by atoms with E-state index >= 15 is 0 Å². The average Bonchev–Trinajstić information content (AvgIpc) is 2.99. The molecule has 0 unspecified atom stereocenters. The van der Waals surface area contributed by atoms with Crippen LogP contribution in [-0.4, -0.2) is 23.3 Å². The Labute approximate surface area is 105 Å². The zero-order chi connectivity index (χ0) is 11.9. The first-order valence-corrected chi connectivity index (χ1v) is 6.85. The minimum absolute atomic E-state index is 0.636. The first-order chi connectivity index (χ1) is 8.40. The molecule has 2 aromatic rings. The van der Waals surface area contributed by atoms with Crippen molar-refractivity contribution in [3.8, 4) is 10.8 Å². The van der Waals surface area contributed by atoms with Crippen LogP contribution in [0.15, 0.2) is 21.9 Å². The maximum absolute atomic E-state index is 5.59.